The third-order valence-corrected chi connectivity index (χ3v) is 11.0. The largest absolute Gasteiger partial charge is 0.504 e. The van der Waals surface area contributed by atoms with Crippen LogP contribution in [0.4, 0.5) is 0 Å². The smallest absolute Gasteiger partial charge is 0.369 e. The van der Waals surface area contributed by atoms with Gasteiger partial charge in [-0.1, -0.05) is 26.0 Å². The number of hydrogen-bond donors (Lipinski definition) is 3. The molecule has 0 bridgehead atoms. The maximum Gasteiger partial charge on any atom is 0.369 e. The number of benzene rings is 4. The van der Waals surface area contributed by atoms with Crippen LogP contribution in [0.2, 0.25) is 0 Å². The number of ether oxygens (including phenoxy) is 3. The quantitative estimate of drug-likeness (QED) is 0.0774. The minimum absolute atomic E-state index is 0.0444. The molecule has 0 aliphatic rings. The van der Waals surface area contributed by atoms with Crippen LogP contribution in [0.25, 0.3) is 0 Å². The van der Waals surface area contributed by atoms with Gasteiger partial charge in [-0.05, 0) is 123 Å². The number of phenols is 1. The molecule has 0 heterocycles. The van der Waals surface area contributed by atoms with E-state index in [1.165, 1.54) is 24.3 Å². The van der Waals surface area contributed by atoms with Crippen molar-refractivity contribution in [2.45, 2.75) is 75.4 Å². The molecule has 4 aromatic rings. The van der Waals surface area contributed by atoms with Gasteiger partial charge in [-0.2, -0.15) is 0 Å². The molecule has 10 nitrogen and oxygen atoms in total. The van der Waals surface area contributed by atoms with Crippen molar-refractivity contribution >= 4 is 93.3 Å². The van der Waals surface area contributed by atoms with Crippen LogP contribution in [0.1, 0.15) is 51.7 Å². The number of hydrogen-bond acceptors (Lipinski definition) is 10. The first-order valence-corrected chi connectivity index (χ1v) is 24.3. The molecule has 2 unspecified atom stereocenters. The standard InChI is InChI=1S/C19H24O5S.C18H22O5S.CH2Cl2.BBr3/c1-4-15-5-10-18(19(13-15)23-3)24-16-6-8-17(9-7-16)25(21,22)12-11-14(2)20;1-3-14-4-9-18(17(20)12-14)23-15-5-7-16(8-6-15)24(21,22)11-10-13(2)19;2-1-3;2-1(3)4/h5-10,13-14,20H,4,11-12H2,1-3H3;4-9,12-13,19-20H,3,10-11H2,1-2H3;1H2;. The lowest BCUT2D eigenvalue weighted by Gasteiger charge is -2.12. The van der Waals surface area contributed by atoms with Gasteiger partial charge in [-0.15, -0.1) is 70.5 Å². The lowest BCUT2D eigenvalue weighted by Crippen LogP contribution is -2.12. The number of aliphatic hydroxyl groups excluding tert-OH is 2. The summed E-state index contributed by atoms with van der Waals surface area (Å²) in [5.41, 5.74) is 2.14. The second-order valence-corrected chi connectivity index (χ2v) is 23.4. The van der Waals surface area contributed by atoms with Crippen LogP contribution in [-0.2, 0) is 32.5 Å². The van der Waals surface area contributed by atoms with E-state index in [1.807, 2.05) is 31.2 Å². The van der Waals surface area contributed by atoms with Crippen LogP contribution < -0.4 is 14.2 Å². The van der Waals surface area contributed by atoms with Crippen LogP contribution in [0.3, 0.4) is 0 Å². The van der Waals surface area contributed by atoms with Crippen LogP contribution >= 0.6 is 70.5 Å². The van der Waals surface area contributed by atoms with Crippen LogP contribution in [0.5, 0.6) is 34.5 Å². The Hall–Kier alpha value is -2.02. The molecule has 0 radical (unpaired) electrons. The molecule has 0 spiro atoms. The minimum Gasteiger partial charge on any atom is -0.504 e. The number of sulfone groups is 2. The van der Waals surface area contributed by atoms with Gasteiger partial charge in [0.2, 0.25) is 0 Å². The topological polar surface area (TPSA) is 157 Å². The highest BCUT2D eigenvalue weighted by Gasteiger charge is 2.17. The second kappa shape index (κ2) is 26.9. The van der Waals surface area contributed by atoms with E-state index in [-0.39, 0.29) is 48.4 Å². The zero-order valence-corrected chi connectivity index (χ0v) is 39.6. The minimum atomic E-state index is -3.43. The van der Waals surface area contributed by atoms with E-state index >= 15 is 0 Å². The fourth-order valence-corrected chi connectivity index (χ4v) is 7.33. The van der Waals surface area contributed by atoms with E-state index in [0.29, 0.717) is 28.7 Å². The summed E-state index contributed by atoms with van der Waals surface area (Å²) in [5, 5.41) is 28.6. The fourth-order valence-electron chi connectivity index (χ4n) is 4.46. The Balaban J connectivity index is 0.000000480. The van der Waals surface area contributed by atoms with Gasteiger partial charge in [0.25, 0.3) is 0 Å². The van der Waals surface area contributed by atoms with Crippen molar-refractivity contribution in [3.8, 4) is 34.5 Å². The van der Waals surface area contributed by atoms with Crippen LogP contribution in [-0.4, -0.2) is 71.5 Å². The first-order valence-electron chi connectivity index (χ1n) is 17.2. The fraction of sp³-hybridized carbons (Fsp3) is 0.368. The molecule has 0 fully saturated rings. The van der Waals surface area contributed by atoms with Crippen molar-refractivity contribution in [3.05, 3.63) is 96.1 Å². The lowest BCUT2D eigenvalue weighted by atomic mass is 10.1. The summed E-state index contributed by atoms with van der Waals surface area (Å²) in [4.78, 5) is 0.398. The Kier molecular flexibility index (Phi) is 25.0. The highest BCUT2D eigenvalue weighted by molar-refractivity contribution is 9.69. The van der Waals surface area contributed by atoms with Crippen molar-refractivity contribution in [2.24, 2.45) is 0 Å². The van der Waals surface area contributed by atoms with Gasteiger partial charge in [-0.3, -0.25) is 0 Å². The summed E-state index contributed by atoms with van der Waals surface area (Å²) in [6, 6.07) is 23.2. The predicted molar refractivity (Wildman–Crippen MR) is 239 cm³/mol. The summed E-state index contributed by atoms with van der Waals surface area (Å²) in [7, 11) is -5.25. The molecule has 18 heteroatoms. The van der Waals surface area contributed by atoms with Gasteiger partial charge in [0, 0.05) is 0 Å². The van der Waals surface area contributed by atoms with Gasteiger partial charge < -0.3 is 29.5 Å². The summed E-state index contributed by atoms with van der Waals surface area (Å²) in [6.45, 7) is 7.18. The monoisotopic (exact) mass is 1050 g/mol. The van der Waals surface area contributed by atoms with Crippen molar-refractivity contribution in [1.29, 1.82) is 0 Å². The molecule has 2 atom stereocenters. The molecule has 4 aromatic carbocycles. The molecule has 0 aliphatic heterocycles. The third-order valence-electron chi connectivity index (χ3n) is 7.50. The maximum absolute atomic E-state index is 12.2. The van der Waals surface area contributed by atoms with Crippen molar-refractivity contribution in [2.75, 3.05) is 24.0 Å². The Morgan fingerprint density at radius 2 is 1.00 bits per heavy atom. The van der Waals surface area contributed by atoms with E-state index < -0.39 is 31.9 Å². The normalized spacial score (nSPS) is 11.9. The Bertz CT molecular complexity index is 1950. The zero-order valence-electron chi connectivity index (χ0n) is 31.7. The van der Waals surface area contributed by atoms with E-state index in [9.17, 15) is 32.2 Å². The average molecular weight is 1050 g/mol. The van der Waals surface area contributed by atoms with E-state index in [4.69, 9.17) is 37.4 Å². The number of phenolic OH excluding ortho intramolecular Hbond substituents is 1. The SMILES string of the molecule is BrB(Br)Br.CCc1ccc(Oc2ccc(S(=O)(=O)CCC(C)O)cc2)c(O)c1.CCc1ccc(Oc2ccc(S(=O)(=O)CCC(C)O)cc2)c(OC)c1.ClCCl. The first-order chi connectivity index (χ1) is 26.3. The highest BCUT2D eigenvalue weighted by Crippen LogP contribution is 2.34. The molecule has 0 saturated carbocycles. The second-order valence-electron chi connectivity index (χ2n) is 11.9. The molecule has 4 rings (SSSR count). The zero-order chi connectivity index (χ0) is 42.5. The maximum atomic E-state index is 12.2. The number of aryl methyl sites for hydroxylation is 2. The molecule has 3 N–H and O–H groups in total. The predicted octanol–water partition coefficient (Wildman–Crippen LogP) is 10.5. The summed E-state index contributed by atoms with van der Waals surface area (Å²) < 4.78 is 65.7. The molecule has 56 heavy (non-hydrogen) atoms. The average Bonchev–Trinajstić information content (AvgIpc) is 3.15. The number of halogens is 5. The van der Waals surface area contributed by atoms with Crippen molar-refractivity contribution < 1.29 is 46.4 Å². The van der Waals surface area contributed by atoms with Gasteiger partial charge in [0.05, 0.1) is 46.0 Å². The van der Waals surface area contributed by atoms with E-state index in [1.54, 1.807) is 57.4 Å². The van der Waals surface area contributed by atoms with Gasteiger partial charge in [0.1, 0.15) is 11.5 Å². The number of aromatic hydroxyl groups is 1. The van der Waals surface area contributed by atoms with Crippen LogP contribution in [0, 0.1) is 0 Å². The van der Waals surface area contributed by atoms with Crippen molar-refractivity contribution in [1.82, 2.24) is 0 Å². The summed E-state index contributed by atoms with van der Waals surface area (Å²) in [5.74, 6) is 2.33. The lowest BCUT2D eigenvalue weighted by molar-refractivity contribution is 0.191. The Labute approximate surface area is 366 Å². The number of methoxy groups -OCH3 is 1. The van der Waals surface area contributed by atoms with Crippen LogP contribution in [0.15, 0.2) is 94.7 Å². The van der Waals surface area contributed by atoms with Crippen molar-refractivity contribution in [3.63, 3.8) is 0 Å². The first kappa shape index (κ1) is 52.0. The van der Waals surface area contributed by atoms with Gasteiger partial charge in [-0.25, -0.2) is 16.8 Å². The highest BCUT2D eigenvalue weighted by atomic mass is 79.9. The molecule has 310 valence electrons. The number of rotatable bonds is 15. The van der Waals surface area contributed by atoms with E-state index in [2.05, 4.69) is 54.2 Å². The van der Waals surface area contributed by atoms with Gasteiger partial charge in [0.15, 0.2) is 42.7 Å². The molecular formula is C38H48BBr3Cl2O10S2. The molecule has 0 saturated heterocycles. The number of alkyl halides is 2. The summed E-state index contributed by atoms with van der Waals surface area (Å²) in [6.07, 6.45) is 0.815. The molecular weight excluding hydrogens is 1000 g/mol. The third kappa shape index (κ3) is 20.1. The molecule has 0 aromatic heterocycles. The summed E-state index contributed by atoms with van der Waals surface area (Å²) >= 11 is 18.8. The molecule has 0 amide bonds. The van der Waals surface area contributed by atoms with E-state index in [0.717, 1.165) is 24.0 Å². The Morgan fingerprint density at radius 3 is 1.34 bits per heavy atom. The Morgan fingerprint density at radius 1 is 0.643 bits per heavy atom. The molecule has 0 aliphatic carbocycles. The van der Waals surface area contributed by atoms with Gasteiger partial charge >= 0.3 is 3.18 Å². The number of aliphatic hydroxyl groups is 2.